The van der Waals surface area contributed by atoms with Gasteiger partial charge in [-0.2, -0.15) is 0 Å². The van der Waals surface area contributed by atoms with E-state index in [0.29, 0.717) is 23.7 Å². The predicted molar refractivity (Wildman–Crippen MR) is 89.8 cm³/mol. The Balaban J connectivity index is 1.97. The number of urea groups is 1. The number of phenolic OH excluding ortho intramolecular Hbond substituents is 1. The van der Waals surface area contributed by atoms with Crippen LogP contribution >= 0.6 is 23.2 Å². The maximum Gasteiger partial charge on any atom is 0.317 e. The van der Waals surface area contributed by atoms with E-state index in [-0.39, 0.29) is 41.9 Å². The van der Waals surface area contributed by atoms with E-state index in [1.165, 1.54) is 6.07 Å². The third-order valence-electron chi connectivity index (χ3n) is 4.15. The van der Waals surface area contributed by atoms with Crippen LogP contribution in [0.1, 0.15) is 24.4 Å². The van der Waals surface area contributed by atoms with Gasteiger partial charge in [0.1, 0.15) is 5.75 Å². The van der Waals surface area contributed by atoms with E-state index < -0.39 is 0 Å². The lowest BCUT2D eigenvalue weighted by Crippen LogP contribution is -2.46. The van der Waals surface area contributed by atoms with E-state index in [0.717, 1.165) is 12.8 Å². The van der Waals surface area contributed by atoms with E-state index in [2.05, 4.69) is 5.32 Å². The number of nitrogens with zero attached hydrogens (tertiary/aromatic N) is 1. The third-order valence-corrected chi connectivity index (χ3v) is 4.87. The number of nitrogens with one attached hydrogen (secondary N) is 1. The third kappa shape index (κ3) is 4.41. The SMILES string of the molecule is N[C@@H](c1cc(Cl)c(Cl)cc1O)C1CCN(C(=O)NCCO)CC1. The number of phenols is 1. The lowest BCUT2D eigenvalue weighted by Gasteiger charge is -2.35. The van der Waals surface area contributed by atoms with Crippen molar-refractivity contribution in [2.75, 3.05) is 26.2 Å². The van der Waals surface area contributed by atoms with Crippen LogP contribution in [0.4, 0.5) is 4.79 Å². The number of piperidine rings is 1. The van der Waals surface area contributed by atoms with Crippen LogP contribution in [-0.2, 0) is 0 Å². The van der Waals surface area contributed by atoms with Gasteiger partial charge in [0.25, 0.3) is 0 Å². The quantitative estimate of drug-likeness (QED) is 0.659. The molecule has 1 atom stereocenters. The van der Waals surface area contributed by atoms with E-state index in [4.69, 9.17) is 34.0 Å². The minimum atomic E-state index is -0.368. The molecule has 1 aliphatic heterocycles. The van der Waals surface area contributed by atoms with Gasteiger partial charge in [0.2, 0.25) is 0 Å². The van der Waals surface area contributed by atoms with Gasteiger partial charge in [0, 0.05) is 37.3 Å². The molecule has 6 nitrogen and oxygen atoms in total. The van der Waals surface area contributed by atoms with Crippen LogP contribution in [0.5, 0.6) is 5.75 Å². The first-order valence-electron chi connectivity index (χ1n) is 7.51. The van der Waals surface area contributed by atoms with Gasteiger partial charge in [-0.1, -0.05) is 23.2 Å². The van der Waals surface area contributed by atoms with Gasteiger partial charge in [-0.25, -0.2) is 4.79 Å². The van der Waals surface area contributed by atoms with Crippen molar-refractivity contribution < 1.29 is 15.0 Å². The number of aliphatic hydroxyl groups excluding tert-OH is 1. The van der Waals surface area contributed by atoms with Crippen LogP contribution in [0.3, 0.4) is 0 Å². The second-order valence-electron chi connectivity index (χ2n) is 5.63. The second kappa shape index (κ2) is 8.06. The molecule has 0 aliphatic carbocycles. The molecule has 1 aliphatic rings. The second-order valence-corrected chi connectivity index (χ2v) is 6.45. The van der Waals surface area contributed by atoms with E-state index >= 15 is 0 Å². The largest absolute Gasteiger partial charge is 0.508 e. The summed E-state index contributed by atoms with van der Waals surface area (Å²) in [7, 11) is 0. The molecule has 5 N–H and O–H groups in total. The number of rotatable bonds is 4. The number of halogens is 2. The summed E-state index contributed by atoms with van der Waals surface area (Å²) in [4.78, 5) is 13.5. The van der Waals surface area contributed by atoms with Gasteiger partial charge >= 0.3 is 6.03 Å². The highest BCUT2D eigenvalue weighted by Crippen LogP contribution is 2.37. The Morgan fingerprint density at radius 3 is 2.57 bits per heavy atom. The van der Waals surface area contributed by atoms with Crippen LogP contribution in [-0.4, -0.2) is 47.4 Å². The van der Waals surface area contributed by atoms with Crippen molar-refractivity contribution >= 4 is 29.2 Å². The number of carbonyl (C=O) groups excluding carboxylic acids is 1. The fraction of sp³-hybridized carbons (Fsp3) is 0.533. The first kappa shape index (κ1) is 18.1. The Morgan fingerprint density at radius 2 is 1.96 bits per heavy atom. The summed E-state index contributed by atoms with van der Waals surface area (Å²) in [5.74, 6) is 0.176. The van der Waals surface area contributed by atoms with Crippen LogP contribution in [0.25, 0.3) is 0 Å². The molecular formula is C15H21Cl2N3O3. The van der Waals surface area contributed by atoms with Crippen LogP contribution in [0.2, 0.25) is 10.0 Å². The molecule has 2 amide bonds. The van der Waals surface area contributed by atoms with Gasteiger partial charge in [0.15, 0.2) is 0 Å². The zero-order valence-electron chi connectivity index (χ0n) is 12.6. The Labute approximate surface area is 145 Å². The maximum atomic E-state index is 11.8. The van der Waals surface area contributed by atoms with Crippen molar-refractivity contribution in [1.29, 1.82) is 0 Å². The predicted octanol–water partition coefficient (Wildman–Crippen LogP) is 2.11. The van der Waals surface area contributed by atoms with Crippen molar-refractivity contribution in [2.24, 2.45) is 11.7 Å². The number of hydrogen-bond acceptors (Lipinski definition) is 4. The topological polar surface area (TPSA) is 98.8 Å². The minimum absolute atomic E-state index is 0.0371. The monoisotopic (exact) mass is 361 g/mol. The summed E-state index contributed by atoms with van der Waals surface area (Å²) >= 11 is 11.9. The smallest absolute Gasteiger partial charge is 0.317 e. The number of hydrogen-bond donors (Lipinski definition) is 4. The van der Waals surface area contributed by atoms with Crippen molar-refractivity contribution in [3.63, 3.8) is 0 Å². The van der Waals surface area contributed by atoms with Gasteiger partial charge in [0.05, 0.1) is 16.7 Å². The van der Waals surface area contributed by atoms with Crippen molar-refractivity contribution in [2.45, 2.75) is 18.9 Å². The maximum absolute atomic E-state index is 11.8. The Kier molecular flexibility index (Phi) is 6.35. The first-order valence-corrected chi connectivity index (χ1v) is 8.26. The van der Waals surface area contributed by atoms with Gasteiger partial charge in [-0.3, -0.25) is 0 Å². The fourth-order valence-corrected chi connectivity index (χ4v) is 3.14. The highest BCUT2D eigenvalue weighted by Gasteiger charge is 2.29. The number of aromatic hydroxyl groups is 1. The van der Waals surface area contributed by atoms with E-state index in [9.17, 15) is 9.90 Å². The van der Waals surface area contributed by atoms with Gasteiger partial charge in [-0.15, -0.1) is 0 Å². The van der Waals surface area contributed by atoms with Gasteiger partial charge in [-0.05, 0) is 24.8 Å². The number of aliphatic hydroxyl groups is 1. The van der Waals surface area contributed by atoms with Crippen LogP contribution in [0, 0.1) is 5.92 Å². The molecule has 23 heavy (non-hydrogen) atoms. The molecule has 8 heteroatoms. The number of likely N-dealkylation sites (tertiary alicyclic amines) is 1. The normalized spacial score (nSPS) is 17.1. The minimum Gasteiger partial charge on any atom is -0.508 e. The molecule has 1 aromatic rings. The zero-order chi connectivity index (χ0) is 17.0. The Hall–Kier alpha value is -1.21. The molecule has 0 radical (unpaired) electrons. The molecule has 0 aromatic heterocycles. The molecule has 2 rings (SSSR count). The number of amides is 2. The Bertz CT molecular complexity index is 563. The lowest BCUT2D eigenvalue weighted by atomic mass is 9.85. The van der Waals surface area contributed by atoms with Crippen molar-refractivity contribution in [3.8, 4) is 5.75 Å². The summed E-state index contributed by atoms with van der Waals surface area (Å²) in [5.41, 5.74) is 6.85. The molecule has 0 spiro atoms. The number of nitrogens with two attached hydrogens (primary N) is 1. The molecule has 0 bridgehead atoms. The molecule has 1 fully saturated rings. The van der Waals surface area contributed by atoms with Gasteiger partial charge < -0.3 is 26.2 Å². The first-order chi connectivity index (χ1) is 10.9. The summed E-state index contributed by atoms with van der Waals surface area (Å²) in [6.07, 6.45) is 1.46. The summed E-state index contributed by atoms with van der Waals surface area (Å²) in [6.45, 7) is 1.33. The van der Waals surface area contributed by atoms with Crippen molar-refractivity contribution in [1.82, 2.24) is 10.2 Å². The molecule has 0 saturated carbocycles. The van der Waals surface area contributed by atoms with E-state index in [1.807, 2.05) is 0 Å². The summed E-state index contributed by atoms with van der Waals surface area (Å²) < 4.78 is 0. The molecule has 1 aromatic carbocycles. The Morgan fingerprint density at radius 1 is 1.35 bits per heavy atom. The zero-order valence-corrected chi connectivity index (χ0v) is 14.1. The van der Waals surface area contributed by atoms with E-state index in [1.54, 1.807) is 11.0 Å². The summed E-state index contributed by atoms with van der Waals surface area (Å²) in [6, 6.07) is 2.46. The van der Waals surface area contributed by atoms with Crippen molar-refractivity contribution in [3.05, 3.63) is 27.7 Å². The number of carbonyl (C=O) groups is 1. The van der Waals surface area contributed by atoms with Crippen LogP contribution in [0.15, 0.2) is 12.1 Å². The summed E-state index contributed by atoms with van der Waals surface area (Å²) in [5, 5.41) is 22.0. The highest BCUT2D eigenvalue weighted by molar-refractivity contribution is 6.42. The molecule has 1 saturated heterocycles. The average molecular weight is 362 g/mol. The highest BCUT2D eigenvalue weighted by atomic mass is 35.5. The molecule has 0 unspecified atom stereocenters. The standard InChI is InChI=1S/C15H21Cl2N3O3/c16-11-7-10(13(22)8-12(11)17)14(18)9-1-4-20(5-2-9)15(23)19-3-6-21/h7-9,14,21-22H,1-6,18H2,(H,19,23)/t14-/m1/s1. The average Bonchev–Trinajstić information content (AvgIpc) is 2.55. The fourth-order valence-electron chi connectivity index (χ4n) is 2.81. The molecule has 128 valence electrons. The lowest BCUT2D eigenvalue weighted by molar-refractivity contribution is 0.160. The molecule has 1 heterocycles. The van der Waals surface area contributed by atoms with Crippen LogP contribution < -0.4 is 11.1 Å². The number of benzene rings is 1. The molecular weight excluding hydrogens is 341 g/mol.